The summed E-state index contributed by atoms with van der Waals surface area (Å²) in [4.78, 5) is 13.9. The summed E-state index contributed by atoms with van der Waals surface area (Å²) in [5.41, 5.74) is -0.307. The Hall–Kier alpha value is -0.620. The first-order chi connectivity index (χ1) is 7.82. The van der Waals surface area contributed by atoms with Crippen LogP contribution in [-0.4, -0.2) is 55.4 Å². The maximum Gasteiger partial charge on any atom is 0.224 e. The predicted octanol–water partition coefficient (Wildman–Crippen LogP) is -0.226. The molecule has 17 heavy (non-hydrogen) atoms. The number of carbonyl (C=O) groups is 1. The number of hydrogen-bond donors (Lipinski definition) is 1. The van der Waals surface area contributed by atoms with Gasteiger partial charge in [-0.1, -0.05) is 0 Å². The zero-order valence-electron chi connectivity index (χ0n) is 10.4. The van der Waals surface area contributed by atoms with Crippen LogP contribution in [0.5, 0.6) is 0 Å². The Bertz CT molecular complexity index is 416. The standard InChI is InChI=1S/C11H20N2O3S/c1-11(2)8-12-5-3-10(14)13(11)9-4-6-17(15,16)7-9/h9,12H,3-8H2,1-2H3. The molecule has 1 N–H and O–H groups in total. The summed E-state index contributed by atoms with van der Waals surface area (Å²) in [6, 6.07) is -0.137. The zero-order chi connectivity index (χ0) is 12.7. The van der Waals surface area contributed by atoms with E-state index in [9.17, 15) is 13.2 Å². The van der Waals surface area contributed by atoms with E-state index < -0.39 is 9.84 Å². The molecule has 0 radical (unpaired) electrons. The minimum atomic E-state index is -2.94. The second-order valence-electron chi connectivity index (χ2n) is 5.56. The monoisotopic (exact) mass is 260 g/mol. The van der Waals surface area contributed by atoms with Crippen LogP contribution < -0.4 is 5.32 Å². The molecule has 5 nitrogen and oxygen atoms in total. The summed E-state index contributed by atoms with van der Waals surface area (Å²) in [5.74, 6) is 0.412. The van der Waals surface area contributed by atoms with Crippen LogP contribution in [0.15, 0.2) is 0 Å². The third-order valence-corrected chi connectivity index (χ3v) is 5.32. The van der Waals surface area contributed by atoms with E-state index in [-0.39, 0.29) is 29.0 Å². The number of nitrogens with zero attached hydrogens (tertiary/aromatic N) is 1. The lowest BCUT2D eigenvalue weighted by Crippen LogP contribution is -2.55. The summed E-state index contributed by atoms with van der Waals surface area (Å²) in [5, 5.41) is 3.23. The number of nitrogens with one attached hydrogen (secondary N) is 1. The van der Waals surface area contributed by atoms with E-state index in [1.807, 2.05) is 13.8 Å². The van der Waals surface area contributed by atoms with Gasteiger partial charge in [-0.2, -0.15) is 0 Å². The molecule has 98 valence electrons. The first-order valence-electron chi connectivity index (χ1n) is 6.05. The van der Waals surface area contributed by atoms with Gasteiger partial charge in [-0.15, -0.1) is 0 Å². The van der Waals surface area contributed by atoms with Crippen LogP contribution >= 0.6 is 0 Å². The lowest BCUT2D eigenvalue weighted by Gasteiger charge is -2.41. The fraction of sp³-hybridized carbons (Fsp3) is 0.909. The lowest BCUT2D eigenvalue weighted by molar-refractivity contribution is -0.137. The Morgan fingerprint density at radius 1 is 1.41 bits per heavy atom. The zero-order valence-corrected chi connectivity index (χ0v) is 11.2. The Morgan fingerprint density at radius 2 is 2.12 bits per heavy atom. The van der Waals surface area contributed by atoms with Gasteiger partial charge < -0.3 is 10.2 Å². The molecule has 1 amide bonds. The van der Waals surface area contributed by atoms with Crippen molar-refractivity contribution in [2.75, 3.05) is 24.6 Å². The van der Waals surface area contributed by atoms with Crippen molar-refractivity contribution in [2.45, 2.75) is 38.3 Å². The highest BCUT2D eigenvalue weighted by molar-refractivity contribution is 7.91. The molecule has 2 fully saturated rings. The molecule has 0 saturated carbocycles. The molecule has 1 atom stereocenters. The van der Waals surface area contributed by atoms with Gasteiger partial charge in [0.15, 0.2) is 9.84 Å². The second-order valence-corrected chi connectivity index (χ2v) is 7.79. The largest absolute Gasteiger partial charge is 0.332 e. The molecule has 2 rings (SSSR count). The van der Waals surface area contributed by atoms with Crippen molar-refractivity contribution in [1.82, 2.24) is 10.2 Å². The molecular formula is C11H20N2O3S. The van der Waals surface area contributed by atoms with Crippen molar-refractivity contribution >= 4 is 15.7 Å². The van der Waals surface area contributed by atoms with E-state index in [0.717, 1.165) is 6.54 Å². The van der Waals surface area contributed by atoms with Crippen LogP contribution in [0.25, 0.3) is 0 Å². The average molecular weight is 260 g/mol. The van der Waals surface area contributed by atoms with Crippen LogP contribution in [0.3, 0.4) is 0 Å². The van der Waals surface area contributed by atoms with Crippen molar-refractivity contribution < 1.29 is 13.2 Å². The normalized spacial score (nSPS) is 32.5. The molecule has 2 aliphatic heterocycles. The SMILES string of the molecule is CC1(C)CNCCC(=O)N1C1CCS(=O)(=O)C1. The van der Waals surface area contributed by atoms with E-state index in [2.05, 4.69) is 5.32 Å². The van der Waals surface area contributed by atoms with Crippen molar-refractivity contribution in [3.05, 3.63) is 0 Å². The molecule has 0 spiro atoms. The quantitative estimate of drug-likeness (QED) is 0.707. The molecule has 6 heteroatoms. The Morgan fingerprint density at radius 3 is 2.71 bits per heavy atom. The number of sulfone groups is 1. The van der Waals surface area contributed by atoms with E-state index in [0.29, 0.717) is 19.4 Å². The average Bonchev–Trinajstić information content (AvgIpc) is 2.46. The Balaban J connectivity index is 2.24. The molecular weight excluding hydrogens is 240 g/mol. The summed E-state index contributed by atoms with van der Waals surface area (Å²) in [6.07, 6.45) is 1.04. The molecule has 2 heterocycles. The van der Waals surface area contributed by atoms with Gasteiger partial charge in [-0.05, 0) is 20.3 Å². The lowest BCUT2D eigenvalue weighted by atomic mass is 9.99. The van der Waals surface area contributed by atoms with Crippen molar-refractivity contribution in [3.63, 3.8) is 0 Å². The first-order valence-corrected chi connectivity index (χ1v) is 7.87. The van der Waals surface area contributed by atoms with Crippen LogP contribution in [-0.2, 0) is 14.6 Å². The third kappa shape index (κ3) is 2.63. The minimum Gasteiger partial charge on any atom is -0.332 e. The fourth-order valence-electron chi connectivity index (χ4n) is 2.81. The minimum absolute atomic E-state index is 0.0714. The van der Waals surface area contributed by atoms with E-state index >= 15 is 0 Å². The molecule has 0 bridgehead atoms. The van der Waals surface area contributed by atoms with Gasteiger partial charge in [0.2, 0.25) is 5.91 Å². The number of hydrogen-bond acceptors (Lipinski definition) is 4. The number of amides is 1. The maximum atomic E-state index is 12.1. The predicted molar refractivity (Wildman–Crippen MR) is 65.5 cm³/mol. The molecule has 0 aliphatic carbocycles. The summed E-state index contributed by atoms with van der Waals surface area (Å²) < 4.78 is 23.1. The van der Waals surface area contributed by atoms with Crippen molar-refractivity contribution in [1.29, 1.82) is 0 Å². The Labute approximate surface area is 102 Å². The van der Waals surface area contributed by atoms with Gasteiger partial charge in [-0.3, -0.25) is 4.79 Å². The van der Waals surface area contributed by atoms with Gasteiger partial charge in [0.05, 0.1) is 17.0 Å². The molecule has 2 aliphatic rings. The molecule has 0 aromatic carbocycles. The van der Waals surface area contributed by atoms with Gasteiger partial charge in [-0.25, -0.2) is 8.42 Å². The van der Waals surface area contributed by atoms with E-state index in [4.69, 9.17) is 0 Å². The smallest absolute Gasteiger partial charge is 0.224 e. The summed E-state index contributed by atoms with van der Waals surface area (Å²) >= 11 is 0. The molecule has 0 aromatic heterocycles. The fourth-order valence-corrected chi connectivity index (χ4v) is 4.51. The van der Waals surface area contributed by atoms with Crippen molar-refractivity contribution in [2.24, 2.45) is 0 Å². The first kappa shape index (κ1) is 12.8. The molecule has 0 aromatic rings. The van der Waals surface area contributed by atoms with Crippen LogP contribution in [0.1, 0.15) is 26.7 Å². The van der Waals surface area contributed by atoms with Crippen LogP contribution in [0.2, 0.25) is 0 Å². The van der Waals surface area contributed by atoms with Crippen LogP contribution in [0, 0.1) is 0 Å². The van der Waals surface area contributed by atoms with Gasteiger partial charge in [0, 0.05) is 25.6 Å². The van der Waals surface area contributed by atoms with Gasteiger partial charge in [0.1, 0.15) is 0 Å². The number of carbonyl (C=O) groups excluding carboxylic acids is 1. The number of rotatable bonds is 1. The maximum absolute atomic E-state index is 12.1. The Kier molecular flexibility index (Phi) is 3.20. The highest BCUT2D eigenvalue weighted by atomic mass is 32.2. The summed E-state index contributed by atoms with van der Waals surface area (Å²) in [7, 11) is -2.94. The van der Waals surface area contributed by atoms with E-state index in [1.165, 1.54) is 0 Å². The van der Waals surface area contributed by atoms with E-state index in [1.54, 1.807) is 4.90 Å². The third-order valence-electron chi connectivity index (χ3n) is 3.57. The topological polar surface area (TPSA) is 66.5 Å². The highest BCUT2D eigenvalue weighted by Gasteiger charge is 2.42. The van der Waals surface area contributed by atoms with Crippen LogP contribution in [0.4, 0.5) is 0 Å². The van der Waals surface area contributed by atoms with Gasteiger partial charge >= 0.3 is 0 Å². The summed E-state index contributed by atoms with van der Waals surface area (Å²) in [6.45, 7) is 5.38. The van der Waals surface area contributed by atoms with Crippen molar-refractivity contribution in [3.8, 4) is 0 Å². The second kappa shape index (κ2) is 4.24. The van der Waals surface area contributed by atoms with Gasteiger partial charge in [0.25, 0.3) is 0 Å². The highest BCUT2D eigenvalue weighted by Crippen LogP contribution is 2.27. The molecule has 2 saturated heterocycles. The molecule has 1 unspecified atom stereocenters.